The molecular formula is C14H21NO3S. The molecule has 1 aromatic rings. The van der Waals surface area contributed by atoms with Crippen LogP contribution in [0.4, 0.5) is 0 Å². The third kappa shape index (κ3) is 2.82. The molecule has 106 valence electrons. The van der Waals surface area contributed by atoms with E-state index in [1.807, 2.05) is 13.8 Å². The SMILES string of the molecule is CCOC1(c2nc(CC)c(C(=O)O)s2)CCCCC1. The van der Waals surface area contributed by atoms with Gasteiger partial charge in [0.25, 0.3) is 0 Å². The van der Waals surface area contributed by atoms with E-state index in [2.05, 4.69) is 4.98 Å². The molecule has 1 N–H and O–H groups in total. The van der Waals surface area contributed by atoms with Gasteiger partial charge in [-0.05, 0) is 26.2 Å². The predicted molar refractivity (Wildman–Crippen MR) is 74.8 cm³/mol. The van der Waals surface area contributed by atoms with Crippen LogP contribution in [0.3, 0.4) is 0 Å². The molecule has 0 saturated heterocycles. The number of carbonyl (C=O) groups is 1. The van der Waals surface area contributed by atoms with E-state index in [-0.39, 0.29) is 5.60 Å². The van der Waals surface area contributed by atoms with Crippen LogP contribution in [0.5, 0.6) is 0 Å². The molecule has 2 rings (SSSR count). The van der Waals surface area contributed by atoms with Crippen molar-refractivity contribution >= 4 is 17.3 Å². The van der Waals surface area contributed by atoms with E-state index in [4.69, 9.17) is 4.74 Å². The third-order valence-electron chi connectivity index (χ3n) is 3.70. The van der Waals surface area contributed by atoms with Crippen molar-refractivity contribution in [3.8, 4) is 0 Å². The van der Waals surface area contributed by atoms with Gasteiger partial charge in [-0.1, -0.05) is 26.2 Å². The van der Waals surface area contributed by atoms with Gasteiger partial charge in [-0.2, -0.15) is 0 Å². The molecule has 0 unspecified atom stereocenters. The fraction of sp³-hybridized carbons (Fsp3) is 0.714. The van der Waals surface area contributed by atoms with Gasteiger partial charge in [-0.15, -0.1) is 11.3 Å². The summed E-state index contributed by atoms with van der Waals surface area (Å²) in [5, 5.41) is 10.1. The first-order chi connectivity index (χ1) is 9.13. The molecule has 0 aliphatic heterocycles. The average Bonchev–Trinajstić information content (AvgIpc) is 2.85. The molecule has 1 heterocycles. The first-order valence-corrected chi connectivity index (χ1v) is 7.82. The highest BCUT2D eigenvalue weighted by atomic mass is 32.1. The minimum Gasteiger partial charge on any atom is -0.477 e. The van der Waals surface area contributed by atoms with Crippen molar-refractivity contribution in [3.63, 3.8) is 0 Å². The lowest BCUT2D eigenvalue weighted by atomic mass is 9.85. The number of carboxylic acids is 1. The Kier molecular flexibility index (Phi) is 4.58. The molecule has 1 aliphatic carbocycles. The lowest BCUT2D eigenvalue weighted by Gasteiger charge is -2.35. The predicted octanol–water partition coefficient (Wildman–Crippen LogP) is 3.60. The van der Waals surface area contributed by atoms with Crippen molar-refractivity contribution < 1.29 is 14.6 Å². The number of ether oxygens (including phenoxy) is 1. The zero-order chi connectivity index (χ0) is 13.9. The summed E-state index contributed by atoms with van der Waals surface area (Å²) in [6, 6.07) is 0. The number of thiazole rings is 1. The van der Waals surface area contributed by atoms with Crippen LogP contribution in [0, 0.1) is 0 Å². The summed E-state index contributed by atoms with van der Waals surface area (Å²) in [5.41, 5.74) is 0.354. The van der Waals surface area contributed by atoms with Crippen LogP contribution < -0.4 is 0 Å². The highest BCUT2D eigenvalue weighted by Gasteiger charge is 2.38. The fourth-order valence-corrected chi connectivity index (χ4v) is 3.97. The highest BCUT2D eigenvalue weighted by Crippen LogP contribution is 2.42. The van der Waals surface area contributed by atoms with Gasteiger partial charge in [0.1, 0.15) is 15.5 Å². The summed E-state index contributed by atoms with van der Waals surface area (Å²) in [5.74, 6) is -0.872. The minimum atomic E-state index is -0.872. The van der Waals surface area contributed by atoms with Gasteiger partial charge in [-0.25, -0.2) is 9.78 Å². The number of hydrogen-bond donors (Lipinski definition) is 1. The van der Waals surface area contributed by atoms with E-state index < -0.39 is 5.97 Å². The van der Waals surface area contributed by atoms with Crippen LogP contribution in [0.25, 0.3) is 0 Å². The van der Waals surface area contributed by atoms with Gasteiger partial charge in [0.05, 0.1) is 5.69 Å². The number of aromatic nitrogens is 1. The smallest absolute Gasteiger partial charge is 0.347 e. The maximum Gasteiger partial charge on any atom is 0.347 e. The molecule has 19 heavy (non-hydrogen) atoms. The second kappa shape index (κ2) is 6.01. The molecule has 0 aromatic carbocycles. The van der Waals surface area contributed by atoms with Crippen LogP contribution in [0.15, 0.2) is 0 Å². The lowest BCUT2D eigenvalue weighted by Crippen LogP contribution is -2.32. The van der Waals surface area contributed by atoms with Gasteiger partial charge in [0, 0.05) is 6.61 Å². The van der Waals surface area contributed by atoms with E-state index in [0.29, 0.717) is 23.6 Å². The maximum atomic E-state index is 11.3. The van der Waals surface area contributed by atoms with Crippen LogP contribution >= 0.6 is 11.3 Å². The van der Waals surface area contributed by atoms with Crippen molar-refractivity contribution in [2.75, 3.05) is 6.61 Å². The van der Waals surface area contributed by atoms with Gasteiger partial charge < -0.3 is 9.84 Å². The Morgan fingerprint density at radius 1 is 1.37 bits per heavy atom. The molecule has 0 amide bonds. The summed E-state index contributed by atoms with van der Waals surface area (Å²) < 4.78 is 6.00. The first-order valence-electron chi connectivity index (χ1n) is 7.00. The average molecular weight is 283 g/mol. The molecular weight excluding hydrogens is 262 g/mol. The number of nitrogens with zero attached hydrogens (tertiary/aromatic N) is 1. The Labute approximate surface area is 117 Å². The second-order valence-electron chi connectivity index (χ2n) is 4.94. The van der Waals surface area contributed by atoms with E-state index in [0.717, 1.165) is 30.7 Å². The zero-order valence-electron chi connectivity index (χ0n) is 11.6. The minimum absolute atomic E-state index is 0.338. The number of aryl methyl sites for hydroxylation is 1. The fourth-order valence-electron chi connectivity index (χ4n) is 2.77. The van der Waals surface area contributed by atoms with Gasteiger partial charge >= 0.3 is 5.97 Å². The lowest BCUT2D eigenvalue weighted by molar-refractivity contribution is -0.0705. The highest BCUT2D eigenvalue weighted by molar-refractivity contribution is 7.13. The summed E-state index contributed by atoms with van der Waals surface area (Å²) >= 11 is 1.30. The van der Waals surface area contributed by atoms with Crippen molar-refractivity contribution in [3.05, 3.63) is 15.6 Å². The number of rotatable bonds is 5. The maximum absolute atomic E-state index is 11.3. The quantitative estimate of drug-likeness (QED) is 0.897. The van der Waals surface area contributed by atoms with E-state index in [1.165, 1.54) is 17.8 Å². The summed E-state index contributed by atoms with van der Waals surface area (Å²) in [6.45, 7) is 4.58. The second-order valence-corrected chi connectivity index (χ2v) is 5.94. The Hall–Kier alpha value is -0.940. The summed E-state index contributed by atoms with van der Waals surface area (Å²) in [6.07, 6.45) is 6.05. The Morgan fingerprint density at radius 2 is 2.05 bits per heavy atom. The van der Waals surface area contributed by atoms with Gasteiger partial charge in [0.15, 0.2) is 0 Å². The molecule has 0 spiro atoms. The van der Waals surface area contributed by atoms with Crippen molar-refractivity contribution in [2.24, 2.45) is 0 Å². The van der Waals surface area contributed by atoms with Crippen molar-refractivity contribution in [1.29, 1.82) is 0 Å². The van der Waals surface area contributed by atoms with Crippen LogP contribution in [-0.4, -0.2) is 22.7 Å². The van der Waals surface area contributed by atoms with Crippen molar-refractivity contribution in [2.45, 2.75) is 58.0 Å². The monoisotopic (exact) mass is 283 g/mol. The van der Waals surface area contributed by atoms with Gasteiger partial charge in [0.2, 0.25) is 0 Å². The molecule has 0 radical (unpaired) electrons. The number of hydrogen-bond acceptors (Lipinski definition) is 4. The van der Waals surface area contributed by atoms with E-state index in [1.54, 1.807) is 0 Å². The van der Waals surface area contributed by atoms with E-state index in [9.17, 15) is 9.90 Å². The Balaban J connectivity index is 2.39. The topological polar surface area (TPSA) is 59.4 Å². The molecule has 0 atom stereocenters. The first kappa shape index (κ1) is 14.5. The largest absolute Gasteiger partial charge is 0.477 e. The summed E-state index contributed by atoms with van der Waals surface area (Å²) in [4.78, 5) is 16.2. The zero-order valence-corrected chi connectivity index (χ0v) is 12.4. The molecule has 4 nitrogen and oxygen atoms in total. The Morgan fingerprint density at radius 3 is 2.53 bits per heavy atom. The van der Waals surface area contributed by atoms with Crippen LogP contribution in [0.1, 0.15) is 66.3 Å². The molecule has 1 saturated carbocycles. The third-order valence-corrected chi connectivity index (χ3v) is 4.97. The van der Waals surface area contributed by atoms with Crippen molar-refractivity contribution in [1.82, 2.24) is 4.98 Å². The van der Waals surface area contributed by atoms with Crippen LogP contribution in [0.2, 0.25) is 0 Å². The Bertz CT molecular complexity index is 444. The molecule has 0 bridgehead atoms. The molecule has 1 fully saturated rings. The van der Waals surface area contributed by atoms with Gasteiger partial charge in [-0.3, -0.25) is 0 Å². The normalized spacial score (nSPS) is 18.4. The molecule has 1 aliphatic rings. The summed E-state index contributed by atoms with van der Waals surface area (Å²) in [7, 11) is 0. The standard InChI is InChI=1S/C14H21NO3S/c1-3-10-11(12(16)17)19-13(15-10)14(18-4-2)8-6-5-7-9-14/h3-9H2,1-2H3,(H,16,17). The number of aromatic carboxylic acids is 1. The number of carboxylic acid groups (broad SMARTS) is 1. The van der Waals surface area contributed by atoms with Crippen LogP contribution in [-0.2, 0) is 16.8 Å². The molecule has 5 heteroatoms. The molecule has 1 aromatic heterocycles. The van der Waals surface area contributed by atoms with E-state index >= 15 is 0 Å².